The first kappa shape index (κ1) is 15.5. The lowest BCUT2D eigenvalue weighted by Crippen LogP contribution is -2.55. The van der Waals surface area contributed by atoms with Crippen molar-refractivity contribution < 1.29 is 5.11 Å². The highest BCUT2D eigenvalue weighted by Crippen LogP contribution is 2.50. The molecule has 4 heteroatoms. The number of benzene rings is 1. The molecule has 0 saturated carbocycles. The molecule has 1 aromatic carbocycles. The van der Waals surface area contributed by atoms with Crippen molar-refractivity contribution in [3.8, 4) is 0 Å². The number of hydrogen-bond donors (Lipinski definition) is 1. The van der Waals surface area contributed by atoms with Gasteiger partial charge >= 0.3 is 0 Å². The number of hydrogen-bond acceptors (Lipinski definition) is 2. The molecular weight excluding hydrogens is 342 g/mol. The van der Waals surface area contributed by atoms with Gasteiger partial charge < -0.3 is 9.67 Å². The fraction of sp³-hybridized carbons (Fsp3) is 0.389. The molecule has 2 aromatic rings. The van der Waals surface area contributed by atoms with Gasteiger partial charge in [0.25, 0.3) is 5.56 Å². The van der Waals surface area contributed by atoms with Gasteiger partial charge in [-0.3, -0.25) is 4.79 Å². The minimum absolute atomic E-state index is 0.101. The normalized spacial score (nSPS) is 26.5. The van der Waals surface area contributed by atoms with Crippen LogP contribution in [0.1, 0.15) is 37.9 Å². The van der Waals surface area contributed by atoms with Crippen molar-refractivity contribution in [1.82, 2.24) is 4.57 Å². The van der Waals surface area contributed by atoms with Crippen molar-refractivity contribution in [1.29, 1.82) is 0 Å². The van der Waals surface area contributed by atoms with Gasteiger partial charge in [-0.25, -0.2) is 0 Å². The van der Waals surface area contributed by atoms with Crippen LogP contribution in [0.15, 0.2) is 51.9 Å². The summed E-state index contributed by atoms with van der Waals surface area (Å²) in [6.45, 7) is 5.94. The van der Waals surface area contributed by atoms with E-state index in [2.05, 4.69) is 35.8 Å². The van der Waals surface area contributed by atoms with E-state index in [0.29, 0.717) is 0 Å². The van der Waals surface area contributed by atoms with E-state index in [0.717, 1.165) is 16.5 Å². The average Bonchev–Trinajstić information content (AvgIpc) is 2.42. The first-order chi connectivity index (χ1) is 10.2. The highest BCUT2D eigenvalue weighted by Gasteiger charge is 2.51. The van der Waals surface area contributed by atoms with Crippen molar-refractivity contribution in [2.75, 3.05) is 0 Å². The molecule has 1 aromatic heterocycles. The molecule has 0 aliphatic heterocycles. The van der Waals surface area contributed by atoms with Crippen LogP contribution in [-0.2, 0) is 6.42 Å². The minimum Gasteiger partial charge on any atom is -0.387 e. The second-order valence-corrected chi connectivity index (χ2v) is 7.82. The van der Waals surface area contributed by atoms with Gasteiger partial charge in [-0.05, 0) is 48.1 Å². The Kier molecular flexibility index (Phi) is 3.57. The zero-order valence-corrected chi connectivity index (χ0v) is 14.6. The van der Waals surface area contributed by atoms with Crippen molar-refractivity contribution in [3.05, 3.63) is 68.5 Å². The van der Waals surface area contributed by atoms with Gasteiger partial charge in [0.2, 0.25) is 0 Å². The molecule has 0 bridgehead atoms. The van der Waals surface area contributed by atoms with E-state index in [1.165, 1.54) is 11.6 Å². The smallest absolute Gasteiger partial charge is 0.251 e. The number of aromatic nitrogens is 1. The quantitative estimate of drug-likeness (QED) is 0.843. The van der Waals surface area contributed by atoms with Gasteiger partial charge in [0, 0.05) is 16.7 Å². The molecule has 2 unspecified atom stereocenters. The summed E-state index contributed by atoms with van der Waals surface area (Å²) in [5.74, 6) is 0. The second kappa shape index (κ2) is 5.07. The number of aliphatic hydroxyl groups is 1. The van der Waals surface area contributed by atoms with Gasteiger partial charge in [-0.1, -0.05) is 41.9 Å². The average molecular weight is 362 g/mol. The van der Waals surface area contributed by atoms with Crippen LogP contribution in [0.3, 0.4) is 0 Å². The summed E-state index contributed by atoms with van der Waals surface area (Å²) in [5.41, 5.74) is 0.712. The molecule has 1 aliphatic rings. The Morgan fingerprint density at radius 1 is 1.23 bits per heavy atom. The molecule has 0 spiro atoms. The van der Waals surface area contributed by atoms with E-state index < -0.39 is 11.6 Å². The van der Waals surface area contributed by atoms with Crippen LogP contribution in [0.4, 0.5) is 0 Å². The van der Waals surface area contributed by atoms with E-state index in [1.54, 1.807) is 16.8 Å². The maximum absolute atomic E-state index is 12.4. The van der Waals surface area contributed by atoms with Crippen LogP contribution in [-0.4, -0.2) is 15.3 Å². The first-order valence-corrected chi connectivity index (χ1v) is 8.21. The molecule has 0 fully saturated rings. The molecule has 0 amide bonds. The summed E-state index contributed by atoms with van der Waals surface area (Å²) in [4.78, 5) is 12.4. The van der Waals surface area contributed by atoms with Gasteiger partial charge in [0.15, 0.2) is 0 Å². The summed E-state index contributed by atoms with van der Waals surface area (Å²) in [6, 6.07) is 10.8. The van der Waals surface area contributed by atoms with Crippen LogP contribution in [0, 0.1) is 5.41 Å². The van der Waals surface area contributed by atoms with Gasteiger partial charge in [-0.2, -0.15) is 0 Å². The minimum atomic E-state index is -1.04. The van der Waals surface area contributed by atoms with Gasteiger partial charge in [0.05, 0.1) is 11.6 Å². The van der Waals surface area contributed by atoms with Crippen molar-refractivity contribution in [3.63, 3.8) is 0 Å². The summed E-state index contributed by atoms with van der Waals surface area (Å²) in [5, 5.41) is 11.3. The molecule has 22 heavy (non-hydrogen) atoms. The fourth-order valence-corrected chi connectivity index (χ4v) is 3.76. The van der Waals surface area contributed by atoms with Crippen LogP contribution in [0.2, 0.25) is 0 Å². The third kappa shape index (κ3) is 2.25. The SMILES string of the molecule is CC1(C)Cc2ccc(Br)cc2C(n2ccccc2=O)C1(C)O. The molecule has 0 radical (unpaired) electrons. The van der Waals surface area contributed by atoms with E-state index in [9.17, 15) is 9.90 Å². The zero-order valence-electron chi connectivity index (χ0n) is 13.0. The maximum Gasteiger partial charge on any atom is 0.251 e. The third-order valence-corrected chi connectivity index (χ3v) is 5.56. The van der Waals surface area contributed by atoms with E-state index >= 15 is 0 Å². The van der Waals surface area contributed by atoms with Gasteiger partial charge in [-0.15, -0.1) is 0 Å². The first-order valence-electron chi connectivity index (χ1n) is 7.42. The Bertz CT molecular complexity index is 777. The summed E-state index contributed by atoms with van der Waals surface area (Å²) < 4.78 is 2.60. The maximum atomic E-state index is 12.4. The number of rotatable bonds is 1. The number of halogens is 1. The Balaban J connectivity index is 2.32. The molecule has 1 aliphatic carbocycles. The highest BCUT2D eigenvalue weighted by molar-refractivity contribution is 9.10. The standard InChI is InChI=1S/C18H20BrNO2/c1-17(2)11-12-7-8-13(19)10-14(12)16(18(17,3)22)20-9-5-4-6-15(20)21/h4-10,16,22H,11H2,1-3H3. The Labute approximate surface area is 138 Å². The molecule has 3 nitrogen and oxygen atoms in total. The molecule has 2 atom stereocenters. The Morgan fingerprint density at radius 3 is 2.64 bits per heavy atom. The number of nitrogens with zero attached hydrogens (tertiary/aromatic N) is 1. The van der Waals surface area contributed by atoms with E-state index in [-0.39, 0.29) is 11.0 Å². The van der Waals surface area contributed by atoms with Crippen LogP contribution in [0.25, 0.3) is 0 Å². The predicted molar refractivity (Wildman–Crippen MR) is 91.1 cm³/mol. The summed E-state index contributed by atoms with van der Waals surface area (Å²) in [7, 11) is 0. The Morgan fingerprint density at radius 2 is 1.95 bits per heavy atom. The fourth-order valence-electron chi connectivity index (χ4n) is 3.38. The third-order valence-electron chi connectivity index (χ3n) is 5.07. The molecule has 116 valence electrons. The Hall–Kier alpha value is -1.39. The molecule has 1 N–H and O–H groups in total. The number of fused-ring (bicyclic) bond motifs is 1. The van der Waals surface area contributed by atoms with Crippen LogP contribution >= 0.6 is 15.9 Å². The lowest BCUT2D eigenvalue weighted by atomic mass is 9.62. The van der Waals surface area contributed by atoms with E-state index in [1.807, 2.05) is 25.1 Å². The van der Waals surface area contributed by atoms with Crippen LogP contribution in [0.5, 0.6) is 0 Å². The number of pyridine rings is 1. The summed E-state index contributed by atoms with van der Waals surface area (Å²) >= 11 is 3.51. The largest absolute Gasteiger partial charge is 0.387 e. The lowest BCUT2D eigenvalue weighted by molar-refractivity contribution is -0.0892. The van der Waals surface area contributed by atoms with Gasteiger partial charge in [0.1, 0.15) is 0 Å². The molecule has 3 rings (SSSR count). The monoisotopic (exact) mass is 361 g/mol. The topological polar surface area (TPSA) is 42.2 Å². The predicted octanol–water partition coefficient (Wildman–Crippen LogP) is 3.53. The summed E-state index contributed by atoms with van der Waals surface area (Å²) in [6.07, 6.45) is 2.54. The van der Waals surface area contributed by atoms with Crippen molar-refractivity contribution >= 4 is 15.9 Å². The zero-order chi connectivity index (χ0) is 16.1. The highest BCUT2D eigenvalue weighted by atomic mass is 79.9. The van der Waals surface area contributed by atoms with Crippen LogP contribution < -0.4 is 5.56 Å². The van der Waals surface area contributed by atoms with E-state index in [4.69, 9.17) is 0 Å². The van der Waals surface area contributed by atoms with Crippen molar-refractivity contribution in [2.24, 2.45) is 5.41 Å². The molecular formula is C18H20BrNO2. The van der Waals surface area contributed by atoms with Crippen molar-refractivity contribution in [2.45, 2.75) is 38.8 Å². The lowest BCUT2D eigenvalue weighted by Gasteiger charge is -2.50. The molecule has 1 heterocycles. The molecule has 0 saturated heterocycles. The second-order valence-electron chi connectivity index (χ2n) is 6.90.